The van der Waals surface area contributed by atoms with Crippen molar-refractivity contribution in [2.24, 2.45) is 0 Å². The van der Waals surface area contributed by atoms with Crippen molar-refractivity contribution in [2.75, 3.05) is 32.2 Å². The van der Waals surface area contributed by atoms with Crippen molar-refractivity contribution in [3.8, 4) is 5.75 Å². The highest BCUT2D eigenvalue weighted by molar-refractivity contribution is 6.36. The van der Waals surface area contributed by atoms with Crippen molar-refractivity contribution in [3.63, 3.8) is 0 Å². The summed E-state index contributed by atoms with van der Waals surface area (Å²) in [6.45, 7) is 7.35. The van der Waals surface area contributed by atoms with Crippen molar-refractivity contribution in [1.29, 1.82) is 0 Å². The number of carbonyl (C=O) groups is 2. The molecule has 3 rings (SSSR count). The van der Waals surface area contributed by atoms with Gasteiger partial charge < -0.3 is 14.8 Å². The Labute approximate surface area is 177 Å². The van der Waals surface area contributed by atoms with Gasteiger partial charge in [-0.2, -0.15) is 0 Å². The SMILES string of the molecule is CCOCCCN1C(=O)C(Nc2cccc(C)c2C)=C(c2ccc(OC)cc2)C1=O. The number of amides is 2. The third-order valence-electron chi connectivity index (χ3n) is 5.29. The minimum atomic E-state index is -0.316. The van der Waals surface area contributed by atoms with Crippen molar-refractivity contribution >= 4 is 23.1 Å². The molecule has 2 amide bonds. The minimum Gasteiger partial charge on any atom is -0.497 e. The fourth-order valence-corrected chi connectivity index (χ4v) is 3.41. The molecule has 6 nitrogen and oxygen atoms in total. The monoisotopic (exact) mass is 408 g/mol. The molecular weight excluding hydrogens is 380 g/mol. The number of benzene rings is 2. The van der Waals surface area contributed by atoms with Gasteiger partial charge in [-0.15, -0.1) is 0 Å². The maximum Gasteiger partial charge on any atom is 0.278 e. The lowest BCUT2D eigenvalue weighted by atomic mass is 10.0. The highest BCUT2D eigenvalue weighted by Crippen LogP contribution is 2.32. The summed E-state index contributed by atoms with van der Waals surface area (Å²) in [4.78, 5) is 27.7. The quantitative estimate of drug-likeness (QED) is 0.503. The number of anilines is 1. The van der Waals surface area contributed by atoms with Gasteiger partial charge >= 0.3 is 0 Å². The molecule has 158 valence electrons. The van der Waals surface area contributed by atoms with Crippen LogP contribution in [0.15, 0.2) is 48.2 Å². The molecule has 6 heteroatoms. The zero-order valence-corrected chi connectivity index (χ0v) is 18.0. The van der Waals surface area contributed by atoms with Gasteiger partial charge in [-0.3, -0.25) is 14.5 Å². The first-order chi connectivity index (χ1) is 14.5. The number of hydrogen-bond donors (Lipinski definition) is 1. The number of methoxy groups -OCH3 is 1. The van der Waals surface area contributed by atoms with Gasteiger partial charge in [0.15, 0.2) is 0 Å². The molecule has 0 fully saturated rings. The van der Waals surface area contributed by atoms with Crippen molar-refractivity contribution < 1.29 is 19.1 Å². The van der Waals surface area contributed by atoms with Gasteiger partial charge in [0.25, 0.3) is 11.8 Å². The van der Waals surface area contributed by atoms with E-state index in [1.54, 1.807) is 31.4 Å². The first kappa shape index (κ1) is 21.6. The van der Waals surface area contributed by atoms with Crippen LogP contribution in [0.2, 0.25) is 0 Å². The lowest BCUT2D eigenvalue weighted by Crippen LogP contribution is -2.34. The molecule has 2 aromatic rings. The van der Waals surface area contributed by atoms with E-state index in [9.17, 15) is 9.59 Å². The smallest absolute Gasteiger partial charge is 0.278 e. The number of nitrogens with zero attached hydrogens (tertiary/aromatic N) is 1. The first-order valence-electron chi connectivity index (χ1n) is 10.1. The average Bonchev–Trinajstić information content (AvgIpc) is 2.98. The maximum atomic E-state index is 13.2. The summed E-state index contributed by atoms with van der Waals surface area (Å²) in [6.07, 6.45) is 0.595. The van der Waals surface area contributed by atoms with Gasteiger partial charge in [0, 0.05) is 25.4 Å². The van der Waals surface area contributed by atoms with E-state index in [1.807, 2.05) is 39.0 Å². The summed E-state index contributed by atoms with van der Waals surface area (Å²) in [5.74, 6) is 0.0754. The van der Waals surface area contributed by atoms with Crippen LogP contribution >= 0.6 is 0 Å². The topological polar surface area (TPSA) is 67.9 Å². The highest BCUT2D eigenvalue weighted by Gasteiger charge is 2.39. The molecule has 0 aliphatic carbocycles. The molecule has 2 aromatic carbocycles. The number of rotatable bonds is 9. The molecule has 0 atom stereocenters. The normalized spacial score (nSPS) is 13.9. The third kappa shape index (κ3) is 4.39. The van der Waals surface area contributed by atoms with Crippen LogP contribution in [-0.4, -0.2) is 43.6 Å². The molecule has 0 saturated heterocycles. The van der Waals surface area contributed by atoms with Gasteiger partial charge in [-0.05, 0) is 62.1 Å². The van der Waals surface area contributed by atoms with E-state index >= 15 is 0 Å². The van der Waals surface area contributed by atoms with Crippen LogP contribution in [-0.2, 0) is 14.3 Å². The van der Waals surface area contributed by atoms with Crippen LogP contribution in [0.1, 0.15) is 30.0 Å². The van der Waals surface area contributed by atoms with Crippen LogP contribution in [0.3, 0.4) is 0 Å². The highest BCUT2D eigenvalue weighted by atomic mass is 16.5. The molecule has 0 saturated carbocycles. The third-order valence-corrected chi connectivity index (χ3v) is 5.29. The number of ether oxygens (including phenoxy) is 2. The summed E-state index contributed by atoms with van der Waals surface area (Å²) < 4.78 is 10.6. The lowest BCUT2D eigenvalue weighted by Gasteiger charge is -2.16. The number of carbonyl (C=O) groups excluding carboxylic acids is 2. The second kappa shape index (κ2) is 9.59. The van der Waals surface area contributed by atoms with E-state index in [4.69, 9.17) is 9.47 Å². The number of aryl methyl sites for hydroxylation is 1. The molecule has 1 aliphatic rings. The van der Waals surface area contributed by atoms with Gasteiger partial charge in [-0.25, -0.2) is 0 Å². The van der Waals surface area contributed by atoms with Gasteiger partial charge in [0.05, 0.1) is 12.7 Å². The number of hydrogen-bond acceptors (Lipinski definition) is 5. The van der Waals surface area contributed by atoms with Crippen molar-refractivity contribution in [1.82, 2.24) is 4.90 Å². The van der Waals surface area contributed by atoms with Gasteiger partial charge in [0.2, 0.25) is 0 Å². The fraction of sp³-hybridized carbons (Fsp3) is 0.333. The Morgan fingerprint density at radius 2 is 1.73 bits per heavy atom. The standard InChI is InChI=1S/C24H28N2O4/c1-5-30-15-7-14-26-23(27)21(18-10-12-19(29-4)13-11-18)22(24(26)28)25-20-9-6-8-16(2)17(20)3/h6,8-13,25H,5,7,14-15H2,1-4H3. The summed E-state index contributed by atoms with van der Waals surface area (Å²) in [6, 6.07) is 13.0. The molecule has 0 unspecified atom stereocenters. The second-order valence-corrected chi connectivity index (χ2v) is 7.16. The molecule has 1 heterocycles. The Morgan fingerprint density at radius 3 is 2.40 bits per heavy atom. The average molecular weight is 408 g/mol. The largest absolute Gasteiger partial charge is 0.497 e. The van der Waals surface area contributed by atoms with Crippen LogP contribution in [0.25, 0.3) is 5.57 Å². The Bertz CT molecular complexity index is 964. The fourth-order valence-electron chi connectivity index (χ4n) is 3.41. The number of nitrogens with one attached hydrogen (secondary N) is 1. The zero-order chi connectivity index (χ0) is 21.7. The Kier molecular flexibility index (Phi) is 6.90. The van der Waals surface area contributed by atoms with E-state index in [0.717, 1.165) is 16.8 Å². The van der Waals surface area contributed by atoms with E-state index < -0.39 is 0 Å². The van der Waals surface area contributed by atoms with Crippen LogP contribution < -0.4 is 10.1 Å². The zero-order valence-electron chi connectivity index (χ0n) is 18.0. The van der Waals surface area contributed by atoms with Crippen LogP contribution in [0.5, 0.6) is 5.75 Å². The molecule has 0 spiro atoms. The van der Waals surface area contributed by atoms with Gasteiger partial charge in [0.1, 0.15) is 11.4 Å². The number of imide groups is 1. The second-order valence-electron chi connectivity index (χ2n) is 7.16. The molecule has 0 bridgehead atoms. The summed E-state index contributed by atoms with van der Waals surface area (Å²) in [5.41, 5.74) is 4.31. The molecule has 0 radical (unpaired) electrons. The predicted molar refractivity (Wildman–Crippen MR) is 117 cm³/mol. The van der Waals surface area contributed by atoms with Crippen molar-refractivity contribution in [3.05, 3.63) is 64.9 Å². The lowest BCUT2D eigenvalue weighted by molar-refractivity contribution is -0.137. The summed E-state index contributed by atoms with van der Waals surface area (Å²) >= 11 is 0. The Balaban J connectivity index is 1.98. The van der Waals surface area contributed by atoms with Crippen LogP contribution in [0, 0.1) is 13.8 Å². The van der Waals surface area contributed by atoms with Crippen LogP contribution in [0.4, 0.5) is 5.69 Å². The maximum absolute atomic E-state index is 13.2. The van der Waals surface area contributed by atoms with Crippen molar-refractivity contribution in [2.45, 2.75) is 27.2 Å². The Hall–Kier alpha value is -3.12. The molecule has 0 aromatic heterocycles. The first-order valence-corrected chi connectivity index (χ1v) is 10.1. The van der Waals surface area contributed by atoms with E-state index in [1.165, 1.54) is 4.90 Å². The summed E-state index contributed by atoms with van der Waals surface area (Å²) in [5, 5.41) is 3.24. The molecule has 30 heavy (non-hydrogen) atoms. The van der Waals surface area contributed by atoms with E-state index in [0.29, 0.717) is 48.8 Å². The predicted octanol–water partition coefficient (Wildman–Crippen LogP) is 3.93. The molecule has 1 N–H and O–H groups in total. The molecular formula is C24H28N2O4. The summed E-state index contributed by atoms with van der Waals surface area (Å²) in [7, 11) is 1.59. The Morgan fingerprint density at radius 1 is 1.00 bits per heavy atom. The van der Waals surface area contributed by atoms with Gasteiger partial charge in [-0.1, -0.05) is 24.3 Å². The van der Waals surface area contributed by atoms with E-state index in [-0.39, 0.29) is 11.8 Å². The minimum absolute atomic E-state index is 0.297. The molecule has 1 aliphatic heterocycles. The van der Waals surface area contributed by atoms with E-state index in [2.05, 4.69) is 5.32 Å².